The predicted molar refractivity (Wildman–Crippen MR) is 86.1 cm³/mol. The Bertz CT molecular complexity index is 430. The van der Waals surface area contributed by atoms with Crippen LogP contribution in [0.3, 0.4) is 0 Å². The number of halogens is 1. The Kier molecular flexibility index (Phi) is 6.77. The van der Waals surface area contributed by atoms with Crippen molar-refractivity contribution in [2.45, 2.75) is 31.9 Å². The molecule has 2 unspecified atom stereocenters. The summed E-state index contributed by atoms with van der Waals surface area (Å²) in [5.41, 5.74) is 0. The summed E-state index contributed by atoms with van der Waals surface area (Å²) in [6.07, 6.45) is 2.01. The van der Waals surface area contributed by atoms with Gasteiger partial charge in [0.25, 0.3) is 0 Å². The van der Waals surface area contributed by atoms with Crippen molar-refractivity contribution in [3.05, 3.63) is 29.3 Å². The molecule has 1 aliphatic rings. The maximum Gasteiger partial charge on any atom is 0.120 e. The van der Waals surface area contributed by atoms with Gasteiger partial charge in [0.05, 0.1) is 0 Å². The monoisotopic (exact) mass is 312 g/mol. The Labute approximate surface area is 132 Å². The normalized spacial score (nSPS) is 20.6. The van der Waals surface area contributed by atoms with E-state index in [1.165, 1.54) is 19.4 Å². The Hall–Kier alpha value is -0.810. The van der Waals surface area contributed by atoms with E-state index in [2.05, 4.69) is 17.1 Å². The largest absolute Gasteiger partial charge is 0.491 e. The molecule has 1 aliphatic heterocycles. The molecule has 0 radical (unpaired) electrons. The molecule has 0 bridgehead atoms. The first kappa shape index (κ1) is 16.6. The summed E-state index contributed by atoms with van der Waals surface area (Å²) in [6, 6.07) is 7.83. The van der Waals surface area contributed by atoms with Crippen LogP contribution in [0.5, 0.6) is 5.75 Å². The molecule has 0 spiro atoms. The predicted octanol–water partition coefficient (Wildman–Crippen LogP) is 2.15. The minimum atomic E-state index is -0.513. The molecule has 0 aliphatic carbocycles. The van der Waals surface area contributed by atoms with Gasteiger partial charge in [0.15, 0.2) is 0 Å². The van der Waals surface area contributed by atoms with Crippen LogP contribution in [-0.4, -0.2) is 54.9 Å². The third-order valence-electron chi connectivity index (χ3n) is 3.90. The Balaban J connectivity index is 1.62. The Morgan fingerprint density at radius 1 is 1.52 bits per heavy atom. The van der Waals surface area contributed by atoms with Crippen LogP contribution in [0.2, 0.25) is 5.02 Å². The van der Waals surface area contributed by atoms with Gasteiger partial charge in [-0.3, -0.25) is 4.90 Å². The summed E-state index contributed by atoms with van der Waals surface area (Å²) >= 11 is 5.88. The lowest BCUT2D eigenvalue weighted by molar-refractivity contribution is 0.104. The number of aliphatic hydroxyl groups excluding tert-OH is 1. The highest BCUT2D eigenvalue weighted by Crippen LogP contribution is 2.17. The van der Waals surface area contributed by atoms with Gasteiger partial charge in [-0.2, -0.15) is 0 Å². The van der Waals surface area contributed by atoms with Crippen molar-refractivity contribution >= 4 is 11.6 Å². The molecule has 1 heterocycles. The fourth-order valence-electron chi connectivity index (χ4n) is 2.77. The molecule has 5 heteroatoms. The first-order chi connectivity index (χ1) is 10.2. The molecule has 0 amide bonds. The lowest BCUT2D eigenvalue weighted by Crippen LogP contribution is -2.41. The Morgan fingerprint density at radius 2 is 2.38 bits per heavy atom. The van der Waals surface area contributed by atoms with Crippen molar-refractivity contribution < 1.29 is 9.84 Å². The number of benzene rings is 1. The molecule has 118 valence electrons. The van der Waals surface area contributed by atoms with Crippen LogP contribution in [-0.2, 0) is 0 Å². The molecular weight excluding hydrogens is 288 g/mol. The van der Waals surface area contributed by atoms with Crippen LogP contribution in [0.25, 0.3) is 0 Å². The van der Waals surface area contributed by atoms with E-state index in [1.54, 1.807) is 12.1 Å². The number of hydrogen-bond donors (Lipinski definition) is 2. The molecular formula is C16H25ClN2O2. The van der Waals surface area contributed by atoms with Crippen molar-refractivity contribution in [3.63, 3.8) is 0 Å². The van der Waals surface area contributed by atoms with Crippen LogP contribution in [0, 0.1) is 0 Å². The highest BCUT2D eigenvalue weighted by atomic mass is 35.5. The number of aliphatic hydroxyl groups is 1. The third-order valence-corrected chi connectivity index (χ3v) is 4.14. The van der Waals surface area contributed by atoms with Crippen molar-refractivity contribution in [3.8, 4) is 5.75 Å². The summed E-state index contributed by atoms with van der Waals surface area (Å²) < 4.78 is 5.53. The highest BCUT2D eigenvalue weighted by Gasteiger charge is 2.22. The average Bonchev–Trinajstić information content (AvgIpc) is 2.93. The molecule has 1 saturated heterocycles. The van der Waals surface area contributed by atoms with Crippen LogP contribution in [0.4, 0.5) is 0 Å². The van der Waals surface area contributed by atoms with Crippen LogP contribution >= 0.6 is 11.6 Å². The van der Waals surface area contributed by atoms with E-state index in [4.69, 9.17) is 16.3 Å². The SMILES string of the molecule is CCN1CCCC1CNCC(O)COc1cccc(Cl)c1. The number of nitrogens with one attached hydrogen (secondary N) is 1. The van der Waals surface area contributed by atoms with Crippen LogP contribution in [0.15, 0.2) is 24.3 Å². The van der Waals surface area contributed by atoms with Crippen molar-refractivity contribution in [2.75, 3.05) is 32.8 Å². The van der Waals surface area contributed by atoms with E-state index in [0.717, 1.165) is 13.1 Å². The summed E-state index contributed by atoms with van der Waals surface area (Å²) in [5.74, 6) is 0.689. The van der Waals surface area contributed by atoms with E-state index in [-0.39, 0.29) is 6.61 Å². The number of likely N-dealkylation sites (N-methyl/N-ethyl adjacent to an activating group) is 1. The maximum atomic E-state index is 9.94. The topological polar surface area (TPSA) is 44.7 Å². The van der Waals surface area contributed by atoms with E-state index in [1.807, 2.05) is 12.1 Å². The van der Waals surface area contributed by atoms with Crippen molar-refractivity contribution in [1.29, 1.82) is 0 Å². The van der Waals surface area contributed by atoms with Gasteiger partial charge in [-0.05, 0) is 44.1 Å². The summed E-state index contributed by atoms with van der Waals surface area (Å²) in [7, 11) is 0. The summed E-state index contributed by atoms with van der Waals surface area (Å²) in [6.45, 7) is 6.26. The quantitative estimate of drug-likeness (QED) is 0.772. The van der Waals surface area contributed by atoms with Crippen LogP contribution < -0.4 is 10.1 Å². The number of ether oxygens (including phenoxy) is 1. The van der Waals surface area contributed by atoms with Gasteiger partial charge in [0, 0.05) is 24.2 Å². The minimum Gasteiger partial charge on any atom is -0.491 e. The van der Waals surface area contributed by atoms with Crippen LogP contribution in [0.1, 0.15) is 19.8 Å². The molecule has 1 aromatic carbocycles. The van der Waals surface area contributed by atoms with Gasteiger partial charge < -0.3 is 15.2 Å². The lowest BCUT2D eigenvalue weighted by Gasteiger charge is -2.23. The number of likely N-dealkylation sites (tertiary alicyclic amines) is 1. The van der Waals surface area contributed by atoms with Crippen molar-refractivity contribution in [1.82, 2.24) is 10.2 Å². The highest BCUT2D eigenvalue weighted by molar-refractivity contribution is 6.30. The first-order valence-corrected chi connectivity index (χ1v) is 8.08. The second kappa shape index (κ2) is 8.59. The average molecular weight is 313 g/mol. The standard InChI is InChI=1S/C16H25ClN2O2/c1-2-19-8-4-6-14(19)10-18-11-15(20)12-21-16-7-3-5-13(17)9-16/h3,5,7,9,14-15,18,20H,2,4,6,8,10-12H2,1H3. The zero-order valence-corrected chi connectivity index (χ0v) is 13.4. The zero-order valence-electron chi connectivity index (χ0n) is 12.6. The molecule has 0 saturated carbocycles. The second-order valence-electron chi connectivity index (χ2n) is 5.51. The maximum absolute atomic E-state index is 9.94. The van der Waals surface area contributed by atoms with Gasteiger partial charge in [0.2, 0.25) is 0 Å². The van der Waals surface area contributed by atoms with E-state index < -0.39 is 6.10 Å². The van der Waals surface area contributed by atoms with Gasteiger partial charge in [-0.15, -0.1) is 0 Å². The molecule has 1 aromatic rings. The van der Waals surface area contributed by atoms with Gasteiger partial charge in [-0.25, -0.2) is 0 Å². The number of hydrogen-bond acceptors (Lipinski definition) is 4. The molecule has 4 nitrogen and oxygen atoms in total. The fourth-order valence-corrected chi connectivity index (χ4v) is 2.95. The first-order valence-electron chi connectivity index (χ1n) is 7.70. The summed E-state index contributed by atoms with van der Waals surface area (Å²) in [5, 5.41) is 13.9. The van der Waals surface area contributed by atoms with Gasteiger partial charge in [-0.1, -0.05) is 24.6 Å². The lowest BCUT2D eigenvalue weighted by atomic mass is 10.2. The minimum absolute atomic E-state index is 0.273. The van der Waals surface area contributed by atoms with Gasteiger partial charge in [0.1, 0.15) is 18.5 Å². The molecule has 1 fully saturated rings. The molecule has 2 rings (SSSR count). The fraction of sp³-hybridized carbons (Fsp3) is 0.625. The molecule has 0 aromatic heterocycles. The molecule has 21 heavy (non-hydrogen) atoms. The smallest absolute Gasteiger partial charge is 0.120 e. The third kappa shape index (κ3) is 5.47. The van der Waals surface area contributed by atoms with E-state index in [0.29, 0.717) is 23.4 Å². The molecule has 2 atom stereocenters. The summed E-state index contributed by atoms with van der Waals surface area (Å²) in [4.78, 5) is 2.49. The zero-order chi connectivity index (χ0) is 15.1. The van der Waals surface area contributed by atoms with Crippen molar-refractivity contribution in [2.24, 2.45) is 0 Å². The van der Waals surface area contributed by atoms with E-state index in [9.17, 15) is 5.11 Å². The van der Waals surface area contributed by atoms with E-state index >= 15 is 0 Å². The van der Waals surface area contributed by atoms with Gasteiger partial charge >= 0.3 is 0 Å². The number of rotatable bonds is 8. The number of nitrogens with zero attached hydrogens (tertiary/aromatic N) is 1. The molecule has 2 N–H and O–H groups in total. The second-order valence-corrected chi connectivity index (χ2v) is 5.94. The Morgan fingerprint density at radius 3 is 3.14 bits per heavy atom.